The van der Waals surface area contributed by atoms with Crippen molar-refractivity contribution in [2.75, 3.05) is 32.6 Å². The molecule has 2 aliphatic heterocycles. The number of amidine groups is 1. The zero-order chi connectivity index (χ0) is 22.8. The number of ether oxygens (including phenoxy) is 2. The van der Waals surface area contributed by atoms with E-state index in [4.69, 9.17) is 14.5 Å². The van der Waals surface area contributed by atoms with Gasteiger partial charge in [-0.15, -0.1) is 0 Å². The van der Waals surface area contributed by atoms with E-state index in [9.17, 15) is 4.79 Å². The number of likely N-dealkylation sites (tertiary alicyclic amines) is 1. The quantitative estimate of drug-likeness (QED) is 0.745. The fourth-order valence-corrected chi connectivity index (χ4v) is 5.11. The zero-order valence-electron chi connectivity index (χ0n) is 19.3. The molecule has 5 rings (SSSR count). The van der Waals surface area contributed by atoms with Crippen molar-refractivity contribution in [1.29, 1.82) is 0 Å². The van der Waals surface area contributed by atoms with Crippen molar-refractivity contribution in [2.24, 2.45) is 4.99 Å². The second kappa shape index (κ2) is 9.02. The van der Waals surface area contributed by atoms with E-state index in [1.54, 1.807) is 19.2 Å². The standard InChI is InChI=1S/C25H31N5O3/c1-32-21-12-11-19(22(29-21)33-2)23(31)30-14-13-25(16-30)24(27-18-8-4-5-9-18)28-20-10-6-3-7-17(20)15-26-25/h3,6-7,10-12,18,26H,4-5,8-9,13-16H2,1-2H3,(H,27,28)/t25-/m0/s1. The third kappa shape index (κ3) is 4.15. The van der Waals surface area contributed by atoms with Crippen molar-refractivity contribution < 1.29 is 14.3 Å². The molecule has 3 heterocycles. The van der Waals surface area contributed by atoms with Gasteiger partial charge in [0.1, 0.15) is 11.4 Å². The Morgan fingerprint density at radius 3 is 2.76 bits per heavy atom. The maximum atomic E-state index is 13.5. The minimum absolute atomic E-state index is 0.0948. The monoisotopic (exact) mass is 449 g/mol. The van der Waals surface area contributed by atoms with Crippen molar-refractivity contribution in [3.8, 4) is 11.8 Å². The lowest BCUT2D eigenvalue weighted by atomic mass is 9.96. The Bertz CT molecular complexity index is 1070. The molecule has 33 heavy (non-hydrogen) atoms. The van der Waals surface area contributed by atoms with Crippen LogP contribution >= 0.6 is 0 Å². The largest absolute Gasteiger partial charge is 0.481 e. The molecule has 1 aromatic carbocycles. The number of anilines is 1. The molecule has 0 unspecified atom stereocenters. The summed E-state index contributed by atoms with van der Waals surface area (Å²) in [5.41, 5.74) is 2.32. The first-order valence-electron chi connectivity index (χ1n) is 11.7. The molecule has 2 N–H and O–H groups in total. The normalized spacial score (nSPS) is 23.9. The molecule has 8 nitrogen and oxygen atoms in total. The fraction of sp³-hybridized carbons (Fsp3) is 0.480. The molecule has 1 amide bonds. The first-order valence-corrected chi connectivity index (χ1v) is 11.7. The van der Waals surface area contributed by atoms with Crippen LogP contribution in [-0.2, 0) is 6.54 Å². The van der Waals surface area contributed by atoms with E-state index in [1.165, 1.54) is 25.5 Å². The van der Waals surface area contributed by atoms with Crippen LogP contribution in [0.15, 0.2) is 41.4 Å². The zero-order valence-corrected chi connectivity index (χ0v) is 19.3. The van der Waals surface area contributed by atoms with Gasteiger partial charge in [0.05, 0.1) is 25.8 Å². The smallest absolute Gasteiger partial charge is 0.259 e. The SMILES string of the molecule is COc1ccc(C(=O)N2CC[C@@]3(C2)NCc2ccccc2NC3=NC2CCCC2)c(OC)n1. The summed E-state index contributed by atoms with van der Waals surface area (Å²) in [6.45, 7) is 1.89. The Morgan fingerprint density at radius 1 is 1.15 bits per heavy atom. The van der Waals surface area contributed by atoms with Crippen LogP contribution in [0.3, 0.4) is 0 Å². The molecule has 0 bridgehead atoms. The highest BCUT2D eigenvalue weighted by Gasteiger charge is 2.46. The van der Waals surface area contributed by atoms with Gasteiger partial charge in [0.2, 0.25) is 11.8 Å². The maximum Gasteiger partial charge on any atom is 0.259 e. The predicted octanol–water partition coefficient (Wildman–Crippen LogP) is 3.24. The molecule has 3 aliphatic rings. The summed E-state index contributed by atoms with van der Waals surface area (Å²) in [4.78, 5) is 24.9. The van der Waals surface area contributed by atoms with Crippen molar-refractivity contribution in [1.82, 2.24) is 15.2 Å². The Labute approximate surface area is 194 Å². The van der Waals surface area contributed by atoms with Gasteiger partial charge in [0.15, 0.2) is 0 Å². The Balaban J connectivity index is 1.44. The summed E-state index contributed by atoms with van der Waals surface area (Å²) >= 11 is 0. The van der Waals surface area contributed by atoms with Crippen LogP contribution in [0.1, 0.15) is 48.0 Å². The number of pyridine rings is 1. The highest BCUT2D eigenvalue weighted by atomic mass is 16.5. The van der Waals surface area contributed by atoms with Crippen LogP contribution in [0.4, 0.5) is 5.69 Å². The lowest BCUT2D eigenvalue weighted by Crippen LogP contribution is -2.55. The second-order valence-electron chi connectivity index (χ2n) is 9.02. The number of nitrogens with zero attached hydrogens (tertiary/aromatic N) is 3. The average molecular weight is 450 g/mol. The molecule has 1 aromatic heterocycles. The summed E-state index contributed by atoms with van der Waals surface area (Å²) in [5.74, 6) is 1.55. The average Bonchev–Trinajstić information content (AvgIpc) is 3.50. The van der Waals surface area contributed by atoms with Gasteiger partial charge in [0, 0.05) is 31.4 Å². The van der Waals surface area contributed by atoms with Crippen LogP contribution < -0.4 is 20.1 Å². The summed E-state index contributed by atoms with van der Waals surface area (Å²) < 4.78 is 10.6. The van der Waals surface area contributed by atoms with Gasteiger partial charge in [-0.1, -0.05) is 31.0 Å². The minimum Gasteiger partial charge on any atom is -0.481 e. The van der Waals surface area contributed by atoms with E-state index in [1.807, 2.05) is 11.0 Å². The first kappa shape index (κ1) is 21.7. The molecule has 1 saturated heterocycles. The Kier molecular flexibility index (Phi) is 5.93. The van der Waals surface area contributed by atoms with E-state index in [-0.39, 0.29) is 11.8 Å². The summed E-state index contributed by atoms with van der Waals surface area (Å²) in [6.07, 6.45) is 5.50. The number of benzene rings is 1. The number of para-hydroxylation sites is 1. The number of aromatic nitrogens is 1. The predicted molar refractivity (Wildman–Crippen MR) is 127 cm³/mol. The third-order valence-corrected chi connectivity index (χ3v) is 7.00. The van der Waals surface area contributed by atoms with Crippen LogP contribution in [0.5, 0.6) is 11.8 Å². The van der Waals surface area contributed by atoms with Crippen LogP contribution in [0.25, 0.3) is 0 Å². The highest BCUT2D eigenvalue weighted by molar-refractivity contribution is 6.05. The van der Waals surface area contributed by atoms with Gasteiger partial charge < -0.3 is 19.7 Å². The van der Waals surface area contributed by atoms with Gasteiger partial charge in [-0.2, -0.15) is 4.98 Å². The van der Waals surface area contributed by atoms with Gasteiger partial charge in [-0.3, -0.25) is 15.1 Å². The number of aliphatic imine (C=N–C) groups is 1. The lowest BCUT2D eigenvalue weighted by Gasteiger charge is -2.31. The van der Waals surface area contributed by atoms with Crippen LogP contribution in [-0.4, -0.2) is 60.5 Å². The molecular weight excluding hydrogens is 418 g/mol. The number of carbonyl (C=O) groups excluding carboxylic acids is 1. The molecule has 1 atom stereocenters. The molecule has 1 aliphatic carbocycles. The number of rotatable bonds is 4. The molecule has 1 spiro atoms. The van der Waals surface area contributed by atoms with Crippen molar-refractivity contribution in [2.45, 2.75) is 50.2 Å². The number of hydrogen-bond donors (Lipinski definition) is 2. The van der Waals surface area contributed by atoms with Crippen molar-refractivity contribution in [3.05, 3.63) is 47.5 Å². The number of methoxy groups -OCH3 is 2. The topological polar surface area (TPSA) is 88.1 Å². The fourth-order valence-electron chi connectivity index (χ4n) is 5.11. The lowest BCUT2D eigenvalue weighted by molar-refractivity contribution is 0.0781. The molecule has 1 saturated carbocycles. The first-order chi connectivity index (χ1) is 16.1. The summed E-state index contributed by atoms with van der Waals surface area (Å²) in [6, 6.07) is 12.1. The number of amides is 1. The molecule has 8 heteroatoms. The van der Waals surface area contributed by atoms with Crippen LogP contribution in [0.2, 0.25) is 0 Å². The number of hydrogen-bond acceptors (Lipinski definition) is 6. The minimum atomic E-state index is -0.412. The molecule has 0 radical (unpaired) electrons. The van der Waals surface area contributed by atoms with Gasteiger partial charge in [-0.25, -0.2) is 0 Å². The second-order valence-corrected chi connectivity index (χ2v) is 9.02. The van der Waals surface area contributed by atoms with Crippen LogP contribution in [0, 0.1) is 0 Å². The summed E-state index contributed by atoms with van der Waals surface area (Å²) in [5, 5.41) is 7.42. The van der Waals surface area contributed by atoms with Crippen molar-refractivity contribution in [3.63, 3.8) is 0 Å². The molecule has 174 valence electrons. The third-order valence-electron chi connectivity index (χ3n) is 7.00. The highest BCUT2D eigenvalue weighted by Crippen LogP contribution is 2.33. The van der Waals surface area contributed by atoms with E-state index >= 15 is 0 Å². The Hall–Kier alpha value is -3.13. The van der Waals surface area contributed by atoms with E-state index in [0.717, 1.165) is 37.3 Å². The van der Waals surface area contributed by atoms with Crippen molar-refractivity contribution >= 4 is 17.4 Å². The van der Waals surface area contributed by atoms with E-state index < -0.39 is 5.54 Å². The summed E-state index contributed by atoms with van der Waals surface area (Å²) in [7, 11) is 3.06. The molecular formula is C25H31N5O3. The van der Waals surface area contributed by atoms with Gasteiger partial charge >= 0.3 is 0 Å². The van der Waals surface area contributed by atoms with Gasteiger partial charge in [0.25, 0.3) is 5.91 Å². The molecule has 2 aromatic rings. The van der Waals surface area contributed by atoms with Gasteiger partial charge in [-0.05, 0) is 37.0 Å². The van der Waals surface area contributed by atoms with E-state index in [2.05, 4.69) is 33.8 Å². The maximum absolute atomic E-state index is 13.5. The number of carbonyl (C=O) groups is 1. The van der Waals surface area contributed by atoms with E-state index in [0.29, 0.717) is 30.6 Å². The number of fused-ring (bicyclic) bond motifs is 1. The molecule has 2 fully saturated rings. The number of nitrogens with one attached hydrogen (secondary N) is 2. The Morgan fingerprint density at radius 2 is 1.97 bits per heavy atom.